The second kappa shape index (κ2) is 7.35. The molecule has 4 heteroatoms. The average Bonchev–Trinajstić information content (AvgIpc) is 2.25. The molecular formula is C13H18O3S. The highest BCUT2D eigenvalue weighted by Gasteiger charge is 2.01. The second-order valence-electron chi connectivity index (χ2n) is 3.98. The third kappa shape index (κ3) is 6.34. The lowest BCUT2D eigenvalue weighted by atomic mass is 10.2. The van der Waals surface area contributed by atoms with Crippen molar-refractivity contribution in [1.82, 2.24) is 0 Å². The Hall–Kier alpha value is -1.00. The first-order chi connectivity index (χ1) is 8.08. The Kier molecular flexibility index (Phi) is 6.08. The van der Waals surface area contributed by atoms with Crippen LogP contribution in [0.3, 0.4) is 0 Å². The summed E-state index contributed by atoms with van der Waals surface area (Å²) in [5, 5.41) is 8.64. The van der Waals surface area contributed by atoms with Crippen molar-refractivity contribution in [2.24, 2.45) is 0 Å². The summed E-state index contributed by atoms with van der Waals surface area (Å²) in [6.07, 6.45) is 0.357. The van der Waals surface area contributed by atoms with Crippen LogP contribution in [0.2, 0.25) is 0 Å². The lowest BCUT2D eigenvalue weighted by Crippen LogP contribution is -2.05. The van der Waals surface area contributed by atoms with Crippen molar-refractivity contribution in [3.05, 3.63) is 29.8 Å². The molecule has 0 heterocycles. The molecule has 0 radical (unpaired) electrons. The van der Waals surface area contributed by atoms with Gasteiger partial charge in [-0.2, -0.15) is 0 Å². The molecule has 0 aliphatic heterocycles. The summed E-state index contributed by atoms with van der Waals surface area (Å²) < 4.78 is 5.44. The fourth-order valence-electron chi connectivity index (χ4n) is 1.32. The van der Waals surface area contributed by atoms with Gasteiger partial charge in [0.25, 0.3) is 0 Å². The normalized spacial score (nSPS) is 10.8. The molecule has 0 saturated heterocycles. The number of aliphatic carboxylic acids is 1. The van der Waals surface area contributed by atoms with E-state index >= 15 is 0 Å². The van der Waals surface area contributed by atoms with E-state index in [4.69, 9.17) is 9.84 Å². The number of carboxylic acid groups (broad SMARTS) is 1. The van der Waals surface area contributed by atoms with Crippen LogP contribution in [0.5, 0.6) is 0 Å². The van der Waals surface area contributed by atoms with Crippen LogP contribution in [0.15, 0.2) is 29.2 Å². The van der Waals surface area contributed by atoms with Crippen molar-refractivity contribution >= 4 is 17.7 Å². The Labute approximate surface area is 106 Å². The van der Waals surface area contributed by atoms with E-state index in [0.717, 1.165) is 22.8 Å². The summed E-state index contributed by atoms with van der Waals surface area (Å²) in [5.74, 6) is 0.118. The monoisotopic (exact) mass is 254 g/mol. The molecule has 0 fully saturated rings. The Bertz CT molecular complexity index is 346. The molecule has 1 N–H and O–H groups in total. The predicted octanol–water partition coefficient (Wildman–Crippen LogP) is 2.83. The molecule has 0 aromatic heterocycles. The molecule has 0 saturated carbocycles. The van der Waals surface area contributed by atoms with E-state index in [2.05, 4.69) is 0 Å². The smallest absolute Gasteiger partial charge is 0.307 e. The minimum absolute atomic E-state index is 0.0847. The van der Waals surface area contributed by atoms with E-state index < -0.39 is 5.97 Å². The molecule has 0 atom stereocenters. The Balaban J connectivity index is 2.32. The van der Waals surface area contributed by atoms with Crippen molar-refractivity contribution in [2.75, 3.05) is 12.4 Å². The third-order valence-electron chi connectivity index (χ3n) is 2.08. The van der Waals surface area contributed by atoms with E-state index in [1.54, 1.807) is 11.8 Å². The maximum absolute atomic E-state index is 10.5. The molecule has 0 aliphatic rings. The van der Waals surface area contributed by atoms with Gasteiger partial charge in [-0.15, -0.1) is 11.8 Å². The highest BCUT2D eigenvalue weighted by Crippen LogP contribution is 2.18. The summed E-state index contributed by atoms with van der Waals surface area (Å²) in [4.78, 5) is 11.7. The van der Waals surface area contributed by atoms with E-state index in [1.807, 2.05) is 38.1 Å². The SMILES string of the molecule is CC(C)OCCSc1ccc(CC(=O)O)cc1. The maximum atomic E-state index is 10.5. The molecule has 3 nitrogen and oxygen atoms in total. The minimum Gasteiger partial charge on any atom is -0.481 e. The molecular weight excluding hydrogens is 236 g/mol. The number of carbonyl (C=O) groups is 1. The zero-order valence-corrected chi connectivity index (χ0v) is 11.0. The van der Waals surface area contributed by atoms with Crippen LogP contribution >= 0.6 is 11.8 Å². The summed E-state index contributed by atoms with van der Waals surface area (Å²) >= 11 is 1.72. The Morgan fingerprint density at radius 3 is 2.53 bits per heavy atom. The highest BCUT2D eigenvalue weighted by atomic mass is 32.2. The predicted molar refractivity (Wildman–Crippen MR) is 69.6 cm³/mol. The van der Waals surface area contributed by atoms with Crippen LogP contribution in [0.4, 0.5) is 0 Å². The molecule has 0 aliphatic carbocycles. The van der Waals surface area contributed by atoms with Gasteiger partial charge < -0.3 is 9.84 Å². The number of thioether (sulfide) groups is 1. The summed E-state index contributed by atoms with van der Waals surface area (Å²) in [6, 6.07) is 7.64. The fourth-order valence-corrected chi connectivity index (χ4v) is 2.07. The van der Waals surface area contributed by atoms with E-state index in [9.17, 15) is 4.79 Å². The van der Waals surface area contributed by atoms with Gasteiger partial charge in [0.05, 0.1) is 19.1 Å². The zero-order valence-electron chi connectivity index (χ0n) is 10.2. The van der Waals surface area contributed by atoms with Crippen molar-refractivity contribution in [2.45, 2.75) is 31.3 Å². The van der Waals surface area contributed by atoms with Crippen LogP contribution < -0.4 is 0 Å². The largest absolute Gasteiger partial charge is 0.481 e. The maximum Gasteiger partial charge on any atom is 0.307 e. The lowest BCUT2D eigenvalue weighted by molar-refractivity contribution is -0.136. The number of hydrogen-bond donors (Lipinski definition) is 1. The van der Waals surface area contributed by atoms with Crippen LogP contribution in [0, 0.1) is 0 Å². The van der Waals surface area contributed by atoms with Crippen molar-refractivity contribution in [3.63, 3.8) is 0 Å². The van der Waals surface area contributed by atoms with E-state index in [0.29, 0.717) is 0 Å². The van der Waals surface area contributed by atoms with Crippen molar-refractivity contribution in [3.8, 4) is 0 Å². The summed E-state index contributed by atoms with van der Waals surface area (Å²) in [6.45, 7) is 4.77. The van der Waals surface area contributed by atoms with Gasteiger partial charge in [-0.05, 0) is 31.5 Å². The van der Waals surface area contributed by atoms with Gasteiger partial charge in [0, 0.05) is 10.6 Å². The second-order valence-corrected chi connectivity index (χ2v) is 5.15. The Morgan fingerprint density at radius 2 is 2.00 bits per heavy atom. The molecule has 17 heavy (non-hydrogen) atoms. The number of benzene rings is 1. The van der Waals surface area contributed by atoms with Gasteiger partial charge in [-0.3, -0.25) is 4.79 Å². The van der Waals surface area contributed by atoms with Gasteiger partial charge in [0.2, 0.25) is 0 Å². The standard InChI is InChI=1S/C13H18O3S/c1-10(2)16-7-8-17-12-5-3-11(4-6-12)9-13(14)15/h3-6,10H,7-9H2,1-2H3,(H,14,15). The molecule has 1 aromatic carbocycles. The van der Waals surface area contributed by atoms with Crippen molar-refractivity contribution < 1.29 is 14.6 Å². The molecule has 0 amide bonds. The summed E-state index contributed by atoms with van der Waals surface area (Å²) in [5.41, 5.74) is 0.834. The topological polar surface area (TPSA) is 46.5 Å². The van der Waals surface area contributed by atoms with Gasteiger partial charge >= 0.3 is 5.97 Å². The van der Waals surface area contributed by atoms with Crippen LogP contribution in [0.1, 0.15) is 19.4 Å². The quantitative estimate of drug-likeness (QED) is 0.600. The van der Waals surface area contributed by atoms with Crippen LogP contribution in [0.25, 0.3) is 0 Å². The average molecular weight is 254 g/mol. The molecule has 0 unspecified atom stereocenters. The van der Waals surface area contributed by atoms with E-state index in [-0.39, 0.29) is 12.5 Å². The van der Waals surface area contributed by atoms with E-state index in [1.165, 1.54) is 0 Å². The highest BCUT2D eigenvalue weighted by molar-refractivity contribution is 7.99. The molecule has 94 valence electrons. The minimum atomic E-state index is -0.796. The van der Waals surface area contributed by atoms with Crippen LogP contribution in [-0.4, -0.2) is 29.5 Å². The number of ether oxygens (including phenoxy) is 1. The zero-order chi connectivity index (χ0) is 12.7. The van der Waals surface area contributed by atoms with Gasteiger partial charge in [-0.25, -0.2) is 0 Å². The Morgan fingerprint density at radius 1 is 1.35 bits per heavy atom. The first-order valence-corrected chi connectivity index (χ1v) is 6.61. The molecule has 0 spiro atoms. The molecule has 0 bridgehead atoms. The number of carboxylic acids is 1. The van der Waals surface area contributed by atoms with Crippen molar-refractivity contribution in [1.29, 1.82) is 0 Å². The van der Waals surface area contributed by atoms with Gasteiger partial charge in [0.1, 0.15) is 0 Å². The molecule has 1 rings (SSSR count). The first-order valence-electron chi connectivity index (χ1n) is 5.63. The summed E-state index contributed by atoms with van der Waals surface area (Å²) in [7, 11) is 0. The van der Waals surface area contributed by atoms with Gasteiger partial charge in [-0.1, -0.05) is 12.1 Å². The molecule has 1 aromatic rings. The third-order valence-corrected chi connectivity index (χ3v) is 3.06. The number of rotatable bonds is 7. The number of hydrogen-bond acceptors (Lipinski definition) is 3. The fraction of sp³-hybridized carbons (Fsp3) is 0.462. The first kappa shape index (κ1) is 14.1. The van der Waals surface area contributed by atoms with Crippen LogP contribution in [-0.2, 0) is 16.0 Å². The van der Waals surface area contributed by atoms with Gasteiger partial charge in [0.15, 0.2) is 0 Å². The lowest BCUT2D eigenvalue weighted by Gasteiger charge is -2.07.